The molecule has 2 N–H and O–H groups in total. The fourth-order valence-electron chi connectivity index (χ4n) is 2.71. The molecule has 0 saturated heterocycles. The fourth-order valence-corrected chi connectivity index (χ4v) is 4.62. The minimum atomic E-state index is -0.266. The van der Waals surface area contributed by atoms with Crippen LogP contribution in [0.4, 0.5) is 5.69 Å². The topological polar surface area (TPSA) is 69.6 Å². The summed E-state index contributed by atoms with van der Waals surface area (Å²) in [5.74, 6) is -0.266. The van der Waals surface area contributed by atoms with Crippen molar-refractivity contribution < 1.29 is 4.79 Å². The Balaban J connectivity index is 1.95. The number of nitrogens with zero attached hydrogens (tertiary/aromatic N) is 3. The highest BCUT2D eigenvalue weighted by Crippen LogP contribution is 2.38. The number of hydrogen-bond acceptors (Lipinski definition) is 6. The Morgan fingerprint density at radius 2 is 1.88 bits per heavy atom. The number of carbonyl (C=O) groups is 1. The number of amides is 1. The summed E-state index contributed by atoms with van der Waals surface area (Å²) in [5.41, 5.74) is 3.65. The normalized spacial score (nSPS) is 11.7. The standard InChI is InChI=1S/C24H29N5OS2/c1-24(2,3)28-32-20-13-17(22(30)27-15-29(5)6)9-12-19(20)21-14-26-23(31-21)16-7-10-18(25-4)11-8-16/h7-15,25,28H,1-6H3. The van der Waals surface area contributed by atoms with E-state index in [-0.39, 0.29) is 11.4 Å². The summed E-state index contributed by atoms with van der Waals surface area (Å²) in [7, 11) is 5.58. The quantitative estimate of drug-likeness (QED) is 0.266. The minimum absolute atomic E-state index is 0.0844. The van der Waals surface area contributed by atoms with Crippen LogP contribution in [0.3, 0.4) is 0 Å². The zero-order valence-corrected chi connectivity index (χ0v) is 20.9. The molecule has 0 aliphatic carbocycles. The molecular formula is C24H29N5OS2. The van der Waals surface area contributed by atoms with Crippen molar-refractivity contribution in [3.8, 4) is 21.0 Å². The first kappa shape index (κ1) is 24.0. The van der Waals surface area contributed by atoms with E-state index in [2.05, 4.69) is 52.9 Å². The lowest BCUT2D eigenvalue weighted by atomic mass is 10.1. The van der Waals surface area contributed by atoms with Gasteiger partial charge in [-0.2, -0.15) is 4.99 Å². The summed E-state index contributed by atoms with van der Waals surface area (Å²) in [6.07, 6.45) is 3.42. The van der Waals surface area contributed by atoms with Crippen LogP contribution in [0.5, 0.6) is 0 Å². The molecule has 1 amide bonds. The molecule has 3 aromatic rings. The average molecular weight is 468 g/mol. The summed E-state index contributed by atoms with van der Waals surface area (Å²) in [4.78, 5) is 24.9. The van der Waals surface area contributed by atoms with E-state index in [4.69, 9.17) is 0 Å². The number of thiazole rings is 1. The van der Waals surface area contributed by atoms with Gasteiger partial charge in [0.05, 0.1) is 11.2 Å². The van der Waals surface area contributed by atoms with Crippen molar-refractivity contribution in [2.75, 3.05) is 26.5 Å². The molecule has 0 unspecified atom stereocenters. The number of aliphatic imine (C=N–C) groups is 1. The maximum absolute atomic E-state index is 12.5. The number of rotatable bonds is 7. The summed E-state index contributed by atoms with van der Waals surface area (Å²) >= 11 is 3.16. The predicted octanol–water partition coefficient (Wildman–Crippen LogP) is 5.64. The molecule has 1 aromatic heterocycles. The van der Waals surface area contributed by atoms with E-state index in [1.54, 1.807) is 16.2 Å². The number of benzene rings is 2. The molecule has 0 aliphatic heterocycles. The molecule has 6 nitrogen and oxygen atoms in total. The molecule has 0 saturated carbocycles. The molecule has 0 aliphatic rings. The van der Waals surface area contributed by atoms with Crippen LogP contribution in [0, 0.1) is 0 Å². The van der Waals surface area contributed by atoms with Crippen LogP contribution in [0.15, 0.2) is 58.5 Å². The van der Waals surface area contributed by atoms with Crippen molar-refractivity contribution >= 4 is 41.2 Å². The number of aromatic nitrogens is 1. The van der Waals surface area contributed by atoms with Gasteiger partial charge in [-0.05, 0) is 69.1 Å². The molecule has 168 valence electrons. The first-order valence-corrected chi connectivity index (χ1v) is 11.9. The van der Waals surface area contributed by atoms with Crippen molar-refractivity contribution in [3.05, 3.63) is 54.2 Å². The average Bonchev–Trinajstić information content (AvgIpc) is 3.25. The molecule has 0 fully saturated rings. The largest absolute Gasteiger partial charge is 0.388 e. The van der Waals surface area contributed by atoms with Crippen molar-refractivity contribution in [2.24, 2.45) is 4.99 Å². The van der Waals surface area contributed by atoms with Gasteiger partial charge in [0.1, 0.15) is 5.01 Å². The van der Waals surface area contributed by atoms with Gasteiger partial charge in [0.2, 0.25) is 0 Å². The van der Waals surface area contributed by atoms with E-state index in [0.29, 0.717) is 5.56 Å². The Hall–Kier alpha value is -2.68. The van der Waals surface area contributed by atoms with Crippen LogP contribution in [0.2, 0.25) is 0 Å². The predicted molar refractivity (Wildman–Crippen MR) is 138 cm³/mol. The third-order valence-electron chi connectivity index (χ3n) is 4.29. The van der Waals surface area contributed by atoms with Crippen LogP contribution in [-0.4, -0.2) is 48.8 Å². The molecule has 8 heteroatoms. The van der Waals surface area contributed by atoms with E-state index in [1.807, 2.05) is 57.7 Å². The Labute approximate surface area is 198 Å². The molecule has 32 heavy (non-hydrogen) atoms. The summed E-state index contributed by atoms with van der Waals surface area (Å²) in [6.45, 7) is 6.32. The molecule has 0 atom stereocenters. The Morgan fingerprint density at radius 3 is 2.50 bits per heavy atom. The van der Waals surface area contributed by atoms with Gasteiger partial charge in [-0.3, -0.25) is 9.52 Å². The highest BCUT2D eigenvalue weighted by molar-refractivity contribution is 7.97. The zero-order chi connectivity index (χ0) is 23.3. The number of carbonyl (C=O) groups excluding carboxylic acids is 1. The lowest BCUT2D eigenvalue weighted by Gasteiger charge is -2.20. The van der Waals surface area contributed by atoms with Gasteiger partial charge in [-0.15, -0.1) is 11.3 Å². The molecule has 0 spiro atoms. The first-order valence-electron chi connectivity index (χ1n) is 10.2. The highest BCUT2D eigenvalue weighted by Gasteiger charge is 2.17. The highest BCUT2D eigenvalue weighted by atomic mass is 32.2. The number of nitrogens with one attached hydrogen (secondary N) is 2. The summed E-state index contributed by atoms with van der Waals surface area (Å²) < 4.78 is 3.45. The molecular weight excluding hydrogens is 438 g/mol. The lowest BCUT2D eigenvalue weighted by molar-refractivity contribution is 0.100. The van der Waals surface area contributed by atoms with E-state index < -0.39 is 0 Å². The molecule has 3 rings (SSSR count). The van der Waals surface area contributed by atoms with Crippen LogP contribution in [-0.2, 0) is 0 Å². The summed E-state index contributed by atoms with van der Waals surface area (Å²) in [5, 5.41) is 4.09. The van der Waals surface area contributed by atoms with Crippen molar-refractivity contribution in [2.45, 2.75) is 31.2 Å². The summed E-state index contributed by atoms with van der Waals surface area (Å²) in [6, 6.07) is 13.9. The Morgan fingerprint density at radius 1 is 1.16 bits per heavy atom. The van der Waals surface area contributed by atoms with Gasteiger partial charge >= 0.3 is 0 Å². The van der Waals surface area contributed by atoms with Gasteiger partial charge in [0.15, 0.2) is 0 Å². The Bertz CT molecular complexity index is 1100. The third-order valence-corrected chi connectivity index (χ3v) is 6.65. The number of hydrogen-bond donors (Lipinski definition) is 2. The van der Waals surface area contributed by atoms with E-state index in [0.717, 1.165) is 31.6 Å². The second-order valence-electron chi connectivity index (χ2n) is 8.54. The minimum Gasteiger partial charge on any atom is -0.388 e. The van der Waals surface area contributed by atoms with Gasteiger partial charge in [0, 0.05) is 60.2 Å². The molecule has 2 aromatic carbocycles. The first-order chi connectivity index (χ1) is 15.2. The Kier molecular flexibility index (Phi) is 7.71. The van der Waals surface area contributed by atoms with Crippen LogP contribution >= 0.6 is 23.3 Å². The van der Waals surface area contributed by atoms with E-state index in [9.17, 15) is 4.79 Å². The van der Waals surface area contributed by atoms with Gasteiger partial charge < -0.3 is 10.2 Å². The molecule has 0 bridgehead atoms. The van der Waals surface area contributed by atoms with Crippen LogP contribution < -0.4 is 10.0 Å². The monoisotopic (exact) mass is 467 g/mol. The zero-order valence-electron chi connectivity index (χ0n) is 19.3. The maximum atomic E-state index is 12.5. The SMILES string of the molecule is CNc1ccc(-c2ncc(-c3ccc(C(=O)N=CN(C)C)cc3SNC(C)(C)C)s2)cc1. The van der Waals surface area contributed by atoms with Crippen molar-refractivity contribution in [1.82, 2.24) is 14.6 Å². The van der Waals surface area contributed by atoms with Crippen LogP contribution in [0.1, 0.15) is 31.1 Å². The maximum Gasteiger partial charge on any atom is 0.278 e. The fraction of sp³-hybridized carbons (Fsp3) is 0.292. The smallest absolute Gasteiger partial charge is 0.278 e. The molecule has 0 radical (unpaired) electrons. The van der Waals surface area contributed by atoms with Gasteiger partial charge in [0.25, 0.3) is 5.91 Å². The van der Waals surface area contributed by atoms with E-state index in [1.165, 1.54) is 18.3 Å². The third kappa shape index (κ3) is 6.41. The second kappa shape index (κ2) is 10.3. The van der Waals surface area contributed by atoms with E-state index >= 15 is 0 Å². The van der Waals surface area contributed by atoms with Crippen LogP contribution in [0.25, 0.3) is 21.0 Å². The van der Waals surface area contributed by atoms with Gasteiger partial charge in [-0.25, -0.2) is 4.98 Å². The molecule has 1 heterocycles. The second-order valence-corrected chi connectivity index (χ2v) is 10.4. The number of anilines is 1. The van der Waals surface area contributed by atoms with Crippen molar-refractivity contribution in [3.63, 3.8) is 0 Å². The van der Waals surface area contributed by atoms with Crippen molar-refractivity contribution in [1.29, 1.82) is 0 Å². The lowest BCUT2D eigenvalue weighted by Crippen LogP contribution is -2.29. The van der Waals surface area contributed by atoms with Gasteiger partial charge in [-0.1, -0.05) is 6.07 Å².